The second-order valence-corrected chi connectivity index (χ2v) is 6.71. The zero-order chi connectivity index (χ0) is 15.4. The van der Waals surface area contributed by atoms with Gasteiger partial charge in [0, 0.05) is 38.6 Å². The van der Waals surface area contributed by atoms with Crippen LogP contribution in [0, 0.1) is 11.8 Å². The monoisotopic (exact) mass is 331 g/mol. The lowest BCUT2D eigenvalue weighted by Crippen LogP contribution is -2.47. The van der Waals surface area contributed by atoms with Gasteiger partial charge in [-0.15, -0.1) is 12.4 Å². The maximum atomic E-state index is 12.3. The SMILES string of the molecule is CC(N)C(C)C(=O)N1CCC(CN2CCCCC2=O)CC1.Cl. The molecule has 0 aromatic carbocycles. The average molecular weight is 332 g/mol. The van der Waals surface area contributed by atoms with Crippen LogP contribution < -0.4 is 5.73 Å². The van der Waals surface area contributed by atoms with Gasteiger partial charge in [0.05, 0.1) is 5.92 Å². The van der Waals surface area contributed by atoms with Crippen molar-refractivity contribution >= 4 is 24.2 Å². The van der Waals surface area contributed by atoms with Crippen LogP contribution in [-0.4, -0.2) is 53.8 Å². The predicted molar refractivity (Wildman–Crippen MR) is 89.8 cm³/mol. The number of hydrogen-bond donors (Lipinski definition) is 1. The van der Waals surface area contributed by atoms with E-state index in [0.29, 0.717) is 18.2 Å². The van der Waals surface area contributed by atoms with Crippen molar-refractivity contribution in [3.05, 3.63) is 0 Å². The van der Waals surface area contributed by atoms with Crippen LogP contribution in [0.1, 0.15) is 46.0 Å². The van der Waals surface area contributed by atoms with Gasteiger partial charge in [-0.3, -0.25) is 9.59 Å². The van der Waals surface area contributed by atoms with Crippen LogP contribution in [0.3, 0.4) is 0 Å². The van der Waals surface area contributed by atoms with E-state index in [1.165, 1.54) is 0 Å². The molecule has 2 aliphatic heterocycles. The zero-order valence-corrected chi connectivity index (χ0v) is 14.6. The van der Waals surface area contributed by atoms with Crippen molar-refractivity contribution in [1.29, 1.82) is 0 Å². The van der Waals surface area contributed by atoms with Gasteiger partial charge in [-0.25, -0.2) is 0 Å². The molecule has 0 spiro atoms. The Balaban J connectivity index is 0.00000242. The molecule has 2 heterocycles. The third-order valence-electron chi connectivity index (χ3n) is 5.00. The number of nitrogens with two attached hydrogens (primary N) is 1. The number of carbonyl (C=O) groups is 2. The van der Waals surface area contributed by atoms with Crippen LogP contribution in [0.4, 0.5) is 0 Å². The van der Waals surface area contributed by atoms with Gasteiger partial charge < -0.3 is 15.5 Å². The lowest BCUT2D eigenvalue weighted by molar-refractivity contribution is -0.138. The number of amides is 2. The van der Waals surface area contributed by atoms with Gasteiger partial charge in [-0.2, -0.15) is 0 Å². The van der Waals surface area contributed by atoms with Crippen molar-refractivity contribution in [1.82, 2.24) is 9.80 Å². The largest absolute Gasteiger partial charge is 0.342 e. The van der Waals surface area contributed by atoms with Crippen molar-refractivity contribution in [2.75, 3.05) is 26.2 Å². The van der Waals surface area contributed by atoms with E-state index in [9.17, 15) is 9.59 Å². The van der Waals surface area contributed by atoms with E-state index in [2.05, 4.69) is 0 Å². The molecule has 0 saturated carbocycles. The molecule has 5 nitrogen and oxygen atoms in total. The molecular formula is C16H30ClN3O2. The second-order valence-electron chi connectivity index (χ2n) is 6.71. The Morgan fingerprint density at radius 1 is 1.23 bits per heavy atom. The summed E-state index contributed by atoms with van der Waals surface area (Å²) >= 11 is 0. The molecule has 0 aliphatic carbocycles. The fraction of sp³-hybridized carbons (Fsp3) is 0.875. The van der Waals surface area contributed by atoms with Gasteiger partial charge in [-0.05, 0) is 38.5 Å². The number of likely N-dealkylation sites (tertiary alicyclic amines) is 2. The number of nitrogens with zero attached hydrogens (tertiary/aromatic N) is 2. The molecule has 2 N–H and O–H groups in total. The van der Waals surface area contributed by atoms with Gasteiger partial charge in [-0.1, -0.05) is 6.92 Å². The molecule has 2 aliphatic rings. The summed E-state index contributed by atoms with van der Waals surface area (Å²) in [4.78, 5) is 28.1. The number of carbonyl (C=O) groups excluding carboxylic acids is 2. The van der Waals surface area contributed by atoms with Crippen LogP contribution in [0.5, 0.6) is 0 Å². The summed E-state index contributed by atoms with van der Waals surface area (Å²) in [7, 11) is 0. The van der Waals surface area contributed by atoms with Crippen molar-refractivity contribution < 1.29 is 9.59 Å². The summed E-state index contributed by atoms with van der Waals surface area (Å²) in [5, 5.41) is 0. The molecule has 128 valence electrons. The van der Waals surface area contributed by atoms with Gasteiger partial charge in [0.1, 0.15) is 0 Å². The summed E-state index contributed by atoms with van der Waals surface area (Å²) in [6.45, 7) is 7.21. The second kappa shape index (κ2) is 8.73. The maximum absolute atomic E-state index is 12.3. The maximum Gasteiger partial charge on any atom is 0.226 e. The molecule has 2 amide bonds. The quantitative estimate of drug-likeness (QED) is 0.851. The Bertz CT molecular complexity index is 382. The lowest BCUT2D eigenvalue weighted by Gasteiger charge is -2.37. The van der Waals surface area contributed by atoms with Crippen LogP contribution in [0.15, 0.2) is 0 Å². The number of hydrogen-bond acceptors (Lipinski definition) is 3. The first-order valence-corrected chi connectivity index (χ1v) is 8.31. The number of rotatable bonds is 4. The Hall–Kier alpha value is -0.810. The molecule has 2 unspecified atom stereocenters. The minimum absolute atomic E-state index is 0. The third kappa shape index (κ3) is 4.85. The summed E-state index contributed by atoms with van der Waals surface area (Å²) in [6.07, 6.45) is 4.89. The molecule has 2 saturated heterocycles. The molecule has 22 heavy (non-hydrogen) atoms. The predicted octanol–water partition coefficient (Wildman–Crippen LogP) is 1.64. The summed E-state index contributed by atoms with van der Waals surface area (Å²) < 4.78 is 0. The van der Waals surface area contributed by atoms with Crippen LogP contribution >= 0.6 is 12.4 Å². The van der Waals surface area contributed by atoms with Gasteiger partial charge >= 0.3 is 0 Å². The topological polar surface area (TPSA) is 66.6 Å². The van der Waals surface area contributed by atoms with Gasteiger partial charge in [0.25, 0.3) is 0 Å². The zero-order valence-electron chi connectivity index (χ0n) is 13.8. The van der Waals surface area contributed by atoms with Gasteiger partial charge in [0.15, 0.2) is 0 Å². The smallest absolute Gasteiger partial charge is 0.226 e. The molecule has 0 bridgehead atoms. The molecule has 2 fully saturated rings. The van der Waals surface area contributed by atoms with Crippen molar-refractivity contribution in [2.24, 2.45) is 17.6 Å². The number of piperidine rings is 2. The molecule has 0 radical (unpaired) electrons. The van der Waals surface area contributed by atoms with E-state index in [1.54, 1.807) is 0 Å². The Kier molecular flexibility index (Phi) is 7.63. The van der Waals surface area contributed by atoms with Crippen molar-refractivity contribution in [3.8, 4) is 0 Å². The minimum atomic E-state index is -0.106. The van der Waals surface area contributed by atoms with E-state index in [-0.39, 0.29) is 30.3 Å². The minimum Gasteiger partial charge on any atom is -0.342 e. The summed E-state index contributed by atoms with van der Waals surface area (Å²) in [5.74, 6) is 0.926. The third-order valence-corrected chi connectivity index (χ3v) is 5.00. The van der Waals surface area contributed by atoms with Crippen LogP contribution in [-0.2, 0) is 9.59 Å². The summed E-state index contributed by atoms with van der Waals surface area (Å²) in [5.41, 5.74) is 5.82. The van der Waals surface area contributed by atoms with E-state index in [1.807, 2.05) is 23.6 Å². The van der Waals surface area contributed by atoms with Crippen molar-refractivity contribution in [3.63, 3.8) is 0 Å². The fourth-order valence-corrected chi connectivity index (χ4v) is 3.22. The highest BCUT2D eigenvalue weighted by Gasteiger charge is 2.29. The Morgan fingerprint density at radius 3 is 2.41 bits per heavy atom. The highest BCUT2D eigenvalue weighted by atomic mass is 35.5. The Morgan fingerprint density at radius 2 is 1.86 bits per heavy atom. The fourth-order valence-electron chi connectivity index (χ4n) is 3.22. The number of halogens is 1. The average Bonchev–Trinajstić information content (AvgIpc) is 2.49. The van der Waals surface area contributed by atoms with Crippen LogP contribution in [0.25, 0.3) is 0 Å². The first-order valence-electron chi connectivity index (χ1n) is 8.31. The van der Waals surface area contributed by atoms with E-state index >= 15 is 0 Å². The Labute approximate surface area is 140 Å². The molecular weight excluding hydrogens is 302 g/mol. The summed E-state index contributed by atoms with van der Waals surface area (Å²) in [6, 6.07) is -0.0961. The molecule has 0 aromatic heterocycles. The highest BCUT2D eigenvalue weighted by Crippen LogP contribution is 2.22. The molecule has 6 heteroatoms. The first kappa shape index (κ1) is 19.2. The highest BCUT2D eigenvalue weighted by molar-refractivity contribution is 5.85. The van der Waals surface area contributed by atoms with E-state index in [4.69, 9.17) is 5.73 Å². The lowest BCUT2D eigenvalue weighted by atomic mass is 9.93. The normalized spacial score (nSPS) is 23.0. The molecule has 0 aromatic rings. The van der Waals surface area contributed by atoms with E-state index in [0.717, 1.165) is 51.9 Å². The molecule has 2 atom stereocenters. The first-order chi connectivity index (χ1) is 9.99. The van der Waals surface area contributed by atoms with Crippen LogP contribution in [0.2, 0.25) is 0 Å². The standard InChI is InChI=1S/C16H29N3O2.ClH/c1-12(13(2)17)16(21)18-9-6-14(7-10-18)11-19-8-4-3-5-15(19)20;/h12-14H,3-11,17H2,1-2H3;1H. The van der Waals surface area contributed by atoms with Crippen molar-refractivity contribution in [2.45, 2.75) is 52.0 Å². The molecule has 2 rings (SSSR count). The van der Waals surface area contributed by atoms with E-state index < -0.39 is 0 Å². The van der Waals surface area contributed by atoms with Gasteiger partial charge in [0.2, 0.25) is 11.8 Å².